The van der Waals surface area contributed by atoms with Crippen molar-refractivity contribution in [2.24, 2.45) is 0 Å². The highest BCUT2D eigenvalue weighted by molar-refractivity contribution is 7.80. The molecule has 4 heteroatoms. The molecule has 0 radical (unpaired) electrons. The maximum absolute atomic E-state index is 8.71. The van der Waals surface area contributed by atoms with E-state index >= 15 is 0 Å². The third-order valence-corrected chi connectivity index (χ3v) is 3.89. The third kappa shape index (κ3) is 4.48. The molecule has 0 aromatic heterocycles. The average molecular weight is 278 g/mol. The Balaban J connectivity index is 1.88. The van der Waals surface area contributed by atoms with E-state index in [0.29, 0.717) is 11.7 Å². The Hall–Kier alpha value is -1.13. The van der Waals surface area contributed by atoms with Crippen molar-refractivity contribution in [2.45, 2.75) is 38.0 Å². The third-order valence-electron chi connectivity index (χ3n) is 3.64. The highest BCUT2D eigenvalue weighted by Crippen LogP contribution is 2.32. The maximum atomic E-state index is 8.71. The summed E-state index contributed by atoms with van der Waals surface area (Å²) in [7, 11) is 0. The van der Waals surface area contributed by atoms with Gasteiger partial charge in [0.2, 0.25) is 0 Å². The van der Waals surface area contributed by atoms with Gasteiger partial charge in [0.25, 0.3) is 0 Å². The lowest BCUT2D eigenvalue weighted by Crippen LogP contribution is -2.30. The minimum Gasteiger partial charge on any atom is -0.395 e. The number of rotatable bonds is 4. The van der Waals surface area contributed by atoms with Gasteiger partial charge in [-0.15, -0.1) is 0 Å². The molecule has 0 bridgehead atoms. The zero-order valence-electron chi connectivity index (χ0n) is 11.2. The molecule has 1 aliphatic carbocycles. The van der Waals surface area contributed by atoms with Crippen LogP contribution in [0.2, 0.25) is 0 Å². The van der Waals surface area contributed by atoms with Crippen LogP contribution in [0.3, 0.4) is 0 Å². The molecule has 0 spiro atoms. The van der Waals surface area contributed by atoms with E-state index in [2.05, 4.69) is 34.9 Å². The number of benzene rings is 1. The zero-order chi connectivity index (χ0) is 13.5. The summed E-state index contributed by atoms with van der Waals surface area (Å²) >= 11 is 5.13. The van der Waals surface area contributed by atoms with Gasteiger partial charge in [0.15, 0.2) is 5.11 Å². The van der Waals surface area contributed by atoms with Crippen LogP contribution >= 0.6 is 12.2 Å². The van der Waals surface area contributed by atoms with Gasteiger partial charge in [-0.05, 0) is 48.7 Å². The second kappa shape index (κ2) is 7.46. The molecule has 3 nitrogen and oxygen atoms in total. The molecular formula is C15H22N2OS. The standard InChI is InChI=1S/C15H22N2OS/c18-11-10-16-15(19)17-14-8-6-13(7-9-14)12-4-2-1-3-5-12/h6-9,12,18H,1-5,10-11H2,(H2,16,17,19). The Morgan fingerprint density at radius 2 is 1.84 bits per heavy atom. The Bertz CT molecular complexity index is 399. The van der Waals surface area contributed by atoms with Gasteiger partial charge in [-0.25, -0.2) is 0 Å². The van der Waals surface area contributed by atoms with E-state index in [4.69, 9.17) is 17.3 Å². The molecule has 2 rings (SSSR count). The predicted octanol–water partition coefficient (Wildman–Crippen LogP) is 3.01. The summed E-state index contributed by atoms with van der Waals surface area (Å²) in [6.45, 7) is 0.564. The molecule has 1 fully saturated rings. The first-order chi connectivity index (χ1) is 9.29. The van der Waals surface area contributed by atoms with Crippen molar-refractivity contribution < 1.29 is 5.11 Å². The summed E-state index contributed by atoms with van der Waals surface area (Å²) in [6.07, 6.45) is 6.76. The lowest BCUT2D eigenvalue weighted by Gasteiger charge is -2.22. The van der Waals surface area contributed by atoms with Crippen LogP contribution in [0.25, 0.3) is 0 Å². The van der Waals surface area contributed by atoms with Crippen LogP contribution in [0.5, 0.6) is 0 Å². The van der Waals surface area contributed by atoms with Gasteiger partial charge >= 0.3 is 0 Å². The van der Waals surface area contributed by atoms with Crippen LogP contribution in [0, 0.1) is 0 Å². The first-order valence-corrected chi connectivity index (χ1v) is 7.46. The maximum Gasteiger partial charge on any atom is 0.170 e. The fourth-order valence-electron chi connectivity index (χ4n) is 2.62. The van der Waals surface area contributed by atoms with Crippen LogP contribution < -0.4 is 10.6 Å². The summed E-state index contributed by atoms with van der Waals surface area (Å²) in [5.74, 6) is 0.738. The van der Waals surface area contributed by atoms with E-state index in [1.807, 2.05) is 0 Å². The second-order valence-corrected chi connectivity index (χ2v) is 5.47. The van der Waals surface area contributed by atoms with Crippen LogP contribution in [-0.4, -0.2) is 23.4 Å². The van der Waals surface area contributed by atoms with E-state index in [1.165, 1.54) is 37.7 Å². The number of hydrogen-bond acceptors (Lipinski definition) is 2. The smallest absolute Gasteiger partial charge is 0.170 e. The van der Waals surface area contributed by atoms with Gasteiger partial charge in [-0.3, -0.25) is 0 Å². The molecule has 0 aliphatic heterocycles. The summed E-state index contributed by atoms with van der Waals surface area (Å²) in [5.41, 5.74) is 2.44. The van der Waals surface area contributed by atoms with Crippen LogP contribution in [0.15, 0.2) is 24.3 Å². The zero-order valence-corrected chi connectivity index (χ0v) is 12.0. The van der Waals surface area contributed by atoms with Crippen LogP contribution in [-0.2, 0) is 0 Å². The van der Waals surface area contributed by atoms with Gasteiger partial charge in [0, 0.05) is 12.2 Å². The van der Waals surface area contributed by atoms with Gasteiger partial charge < -0.3 is 15.7 Å². The van der Waals surface area contributed by atoms with E-state index in [0.717, 1.165) is 11.6 Å². The van der Waals surface area contributed by atoms with Crippen molar-refractivity contribution in [3.63, 3.8) is 0 Å². The minimum atomic E-state index is 0.0858. The molecule has 0 heterocycles. The quantitative estimate of drug-likeness (QED) is 0.741. The molecule has 104 valence electrons. The van der Waals surface area contributed by atoms with E-state index < -0.39 is 0 Å². The first-order valence-electron chi connectivity index (χ1n) is 7.05. The summed E-state index contributed by atoms with van der Waals surface area (Å²) in [6, 6.07) is 8.56. The van der Waals surface area contributed by atoms with E-state index in [1.54, 1.807) is 0 Å². The highest BCUT2D eigenvalue weighted by Gasteiger charge is 2.14. The summed E-state index contributed by atoms with van der Waals surface area (Å²) in [4.78, 5) is 0. The SMILES string of the molecule is OCCNC(=S)Nc1ccc(C2CCCCC2)cc1. The largest absolute Gasteiger partial charge is 0.395 e. The molecule has 1 aromatic carbocycles. The van der Waals surface area contributed by atoms with Gasteiger partial charge in [0.05, 0.1) is 6.61 Å². The van der Waals surface area contributed by atoms with Gasteiger partial charge in [-0.2, -0.15) is 0 Å². The van der Waals surface area contributed by atoms with E-state index in [-0.39, 0.29) is 6.61 Å². The molecule has 0 atom stereocenters. The van der Waals surface area contributed by atoms with Crippen molar-refractivity contribution >= 4 is 23.0 Å². The summed E-state index contributed by atoms with van der Waals surface area (Å²) < 4.78 is 0. The van der Waals surface area contributed by atoms with E-state index in [9.17, 15) is 0 Å². The molecule has 0 unspecified atom stereocenters. The second-order valence-electron chi connectivity index (χ2n) is 5.06. The fourth-order valence-corrected chi connectivity index (χ4v) is 2.84. The molecule has 3 N–H and O–H groups in total. The van der Waals surface area contributed by atoms with Crippen molar-refractivity contribution in [1.82, 2.24) is 5.32 Å². The Morgan fingerprint density at radius 1 is 1.16 bits per heavy atom. The number of anilines is 1. The molecule has 0 amide bonds. The number of hydrogen-bond donors (Lipinski definition) is 3. The monoisotopic (exact) mass is 278 g/mol. The number of aliphatic hydroxyl groups is 1. The molecule has 1 aliphatic rings. The van der Waals surface area contributed by atoms with Crippen molar-refractivity contribution in [3.8, 4) is 0 Å². The molecule has 1 saturated carbocycles. The van der Waals surface area contributed by atoms with Crippen LogP contribution in [0.1, 0.15) is 43.6 Å². The first kappa shape index (κ1) is 14.3. The lowest BCUT2D eigenvalue weighted by molar-refractivity contribution is 0.301. The van der Waals surface area contributed by atoms with Gasteiger partial charge in [0.1, 0.15) is 0 Å². The topological polar surface area (TPSA) is 44.3 Å². The molecule has 19 heavy (non-hydrogen) atoms. The normalized spacial score (nSPS) is 16.1. The minimum absolute atomic E-state index is 0.0858. The van der Waals surface area contributed by atoms with Crippen molar-refractivity contribution in [2.75, 3.05) is 18.5 Å². The van der Waals surface area contributed by atoms with Crippen molar-refractivity contribution in [3.05, 3.63) is 29.8 Å². The average Bonchev–Trinajstić information content (AvgIpc) is 2.47. The highest BCUT2D eigenvalue weighted by atomic mass is 32.1. The fraction of sp³-hybridized carbons (Fsp3) is 0.533. The number of nitrogens with one attached hydrogen (secondary N) is 2. The molecule has 0 saturated heterocycles. The Morgan fingerprint density at radius 3 is 2.47 bits per heavy atom. The van der Waals surface area contributed by atoms with Gasteiger partial charge in [-0.1, -0.05) is 31.4 Å². The Labute approximate surface area is 120 Å². The number of aliphatic hydroxyl groups excluding tert-OH is 1. The lowest BCUT2D eigenvalue weighted by atomic mass is 9.84. The molecule has 1 aromatic rings. The summed E-state index contributed by atoms with van der Waals surface area (Å²) in [5, 5.41) is 15.3. The predicted molar refractivity (Wildman–Crippen MR) is 83.6 cm³/mol. The Kier molecular flexibility index (Phi) is 5.61. The van der Waals surface area contributed by atoms with Crippen LogP contribution in [0.4, 0.5) is 5.69 Å². The number of thiocarbonyl (C=S) groups is 1. The van der Waals surface area contributed by atoms with Crippen molar-refractivity contribution in [1.29, 1.82) is 0 Å². The molecular weight excluding hydrogens is 256 g/mol.